The molecule has 1 aliphatic carbocycles. The minimum absolute atomic E-state index is 0.0737. The summed E-state index contributed by atoms with van der Waals surface area (Å²) >= 11 is 0. The number of esters is 3. The third kappa shape index (κ3) is 14.0. The molecular weight excluding hydrogens is 1050 g/mol. The molecule has 0 radical (unpaired) electrons. The van der Waals surface area contributed by atoms with Crippen LogP contribution >= 0.6 is 0 Å². The zero-order valence-electron chi connectivity index (χ0n) is 49.4. The van der Waals surface area contributed by atoms with Crippen LogP contribution in [0.3, 0.4) is 0 Å². The topological polar surface area (TPSA) is 252 Å². The summed E-state index contributed by atoms with van der Waals surface area (Å²) in [7, 11) is 6.88. The number of fused-ring (bicyclic) bond motifs is 1. The van der Waals surface area contributed by atoms with Gasteiger partial charge in [0.1, 0.15) is 53.0 Å². The van der Waals surface area contributed by atoms with E-state index in [9.17, 15) is 44.4 Å². The second-order valence-electron chi connectivity index (χ2n) is 24.0. The first-order chi connectivity index (χ1) is 38.1. The number of nitrogens with zero attached hydrogens (tertiary/aromatic N) is 6. The molecule has 4 aliphatic rings. The van der Waals surface area contributed by atoms with Gasteiger partial charge in [-0.3, -0.25) is 29.1 Å². The van der Waals surface area contributed by atoms with Crippen LogP contribution in [0.1, 0.15) is 123 Å². The predicted octanol–water partition coefficient (Wildman–Crippen LogP) is 4.81. The fraction of sp³-hybridized carbons (Fsp3) is 0.695. The van der Waals surface area contributed by atoms with Crippen LogP contribution in [0.4, 0.5) is 10.1 Å². The van der Waals surface area contributed by atoms with Crippen molar-refractivity contribution >= 4 is 40.5 Å². The van der Waals surface area contributed by atoms with Gasteiger partial charge in [-0.2, -0.15) is 0 Å². The lowest BCUT2D eigenvalue weighted by molar-refractivity contribution is -0.301. The Balaban J connectivity index is 1.23. The number of aliphatic hydroxyl groups is 3. The quantitative estimate of drug-likeness (QED) is 0.118. The minimum Gasteiger partial charge on any atom is -0.492 e. The number of piperazine rings is 1. The van der Waals surface area contributed by atoms with Crippen molar-refractivity contribution in [3.05, 3.63) is 64.0 Å². The SMILES string of the molecule is CC[C@H]1OC(=O)[C@H](C)[C@@H](OC(=O)Cc2ccccn2)[C@H](C)[C@@H](O[C@@H]2O[C@H](C)C[C@H](N(C)C)[C@H]2O)[C@](C)(OC(=O)CCN2CCN(c3c(F)cc4c(=O)c(C(=O)O)cn(C5CC5)c4c3OC)CC2C)C[C@@H](C)CN(C)[C@H](C)[C@@H](O)[C@]1(C)O. The number of carbonyl (C=O) groups excluding carboxylic acids is 3. The fourth-order valence-corrected chi connectivity index (χ4v) is 12.7. The normalized spacial score (nSPS) is 33.3. The van der Waals surface area contributed by atoms with E-state index in [4.69, 9.17) is 28.4 Å². The van der Waals surface area contributed by atoms with Crippen molar-refractivity contribution in [2.75, 3.05) is 65.9 Å². The average molecular weight is 1140 g/mol. The number of hydrogen-bond donors (Lipinski definition) is 4. The van der Waals surface area contributed by atoms with Crippen molar-refractivity contribution in [1.82, 2.24) is 24.3 Å². The van der Waals surface area contributed by atoms with Gasteiger partial charge in [-0.05, 0) is 119 Å². The van der Waals surface area contributed by atoms with E-state index in [-0.39, 0.29) is 67.1 Å². The highest BCUT2D eigenvalue weighted by atomic mass is 19.1. The number of anilines is 1. The summed E-state index contributed by atoms with van der Waals surface area (Å²) in [5, 5.41) is 45.6. The number of cyclic esters (lactones) is 1. The van der Waals surface area contributed by atoms with Crippen LogP contribution in [-0.4, -0.2) is 202 Å². The first-order valence-electron chi connectivity index (χ1n) is 28.6. The largest absolute Gasteiger partial charge is 0.492 e. The summed E-state index contributed by atoms with van der Waals surface area (Å²) in [5.74, 6) is -6.77. The van der Waals surface area contributed by atoms with Crippen LogP contribution in [0.25, 0.3) is 10.9 Å². The predicted molar refractivity (Wildman–Crippen MR) is 298 cm³/mol. The highest BCUT2D eigenvalue weighted by Gasteiger charge is 2.53. The van der Waals surface area contributed by atoms with Crippen molar-refractivity contribution < 1.29 is 72.4 Å². The van der Waals surface area contributed by atoms with Gasteiger partial charge in [-0.1, -0.05) is 26.8 Å². The van der Waals surface area contributed by atoms with Gasteiger partial charge in [0.15, 0.2) is 17.9 Å². The van der Waals surface area contributed by atoms with Crippen LogP contribution in [0, 0.1) is 23.6 Å². The lowest BCUT2D eigenvalue weighted by atomic mass is 9.77. The number of hydrogen-bond acceptors (Lipinski definition) is 19. The molecule has 15 atom stereocenters. The van der Waals surface area contributed by atoms with Crippen molar-refractivity contribution in [2.45, 2.75) is 186 Å². The molecule has 0 spiro atoms. The van der Waals surface area contributed by atoms with E-state index in [1.54, 1.807) is 63.7 Å². The summed E-state index contributed by atoms with van der Waals surface area (Å²) in [6.07, 6.45) is -3.38. The molecule has 2 aromatic heterocycles. The summed E-state index contributed by atoms with van der Waals surface area (Å²) in [6, 6.07) is 4.79. The second-order valence-corrected chi connectivity index (χ2v) is 24.0. The van der Waals surface area contributed by atoms with Crippen LogP contribution in [0.2, 0.25) is 0 Å². The molecule has 81 heavy (non-hydrogen) atoms. The molecule has 0 amide bonds. The van der Waals surface area contributed by atoms with Gasteiger partial charge >= 0.3 is 23.9 Å². The van der Waals surface area contributed by atoms with Crippen LogP contribution in [0.15, 0.2) is 41.5 Å². The molecule has 3 aliphatic heterocycles. The van der Waals surface area contributed by atoms with Gasteiger partial charge in [-0.15, -0.1) is 0 Å². The molecule has 1 saturated carbocycles. The summed E-state index contributed by atoms with van der Waals surface area (Å²) in [6.45, 7) is 17.2. The maximum Gasteiger partial charge on any atom is 0.341 e. The molecular formula is C59H87FN6O15. The zero-order chi connectivity index (χ0) is 59.6. The number of aliphatic hydroxyl groups excluding tert-OH is 2. The molecule has 3 aromatic rings. The number of methoxy groups -OCH3 is 1. The molecule has 4 fully saturated rings. The highest BCUT2D eigenvalue weighted by Crippen LogP contribution is 2.45. The van der Waals surface area contributed by atoms with E-state index >= 15 is 4.39 Å². The number of carboxylic acid groups (broad SMARTS) is 1. The third-order valence-corrected chi connectivity index (χ3v) is 17.3. The zero-order valence-corrected chi connectivity index (χ0v) is 49.4. The lowest BCUT2D eigenvalue weighted by Crippen LogP contribution is -2.60. The third-order valence-electron chi connectivity index (χ3n) is 17.3. The van der Waals surface area contributed by atoms with Crippen LogP contribution < -0.4 is 15.1 Å². The smallest absolute Gasteiger partial charge is 0.341 e. The number of carboxylic acids is 1. The fourth-order valence-electron chi connectivity index (χ4n) is 12.7. The van der Waals surface area contributed by atoms with Gasteiger partial charge in [0.05, 0.1) is 48.6 Å². The second kappa shape index (κ2) is 26.1. The number of likely N-dealkylation sites (N-methyl/N-ethyl adjacent to an activating group) is 2. The Bertz CT molecular complexity index is 2760. The van der Waals surface area contributed by atoms with Gasteiger partial charge in [0, 0.05) is 75.2 Å². The molecule has 4 N–H and O–H groups in total. The molecule has 5 heterocycles. The standard InChI is InChI=1S/C59H87FN6O15/c1-14-44-59(9,75)53(71)37(7)63(12)29-32(2)28-58(8,54(80-57-50(70)43(62(10)11)25-34(4)77-57)35(5)51(36(6)56(74)78-44)79-46(68)26-38-17-15-16-21-61-38)81-45(67)20-22-64-23-24-65(30-33(64)3)48-42(60)27-40-47(52(48)76-13)66(39-18-19-39)31-41(49(40)69)55(72)73/h15-17,21,27,31-37,39,43-44,50-51,53-54,57,70-71,75H,14,18-20,22-26,28-30H2,1-13H3,(H,72,73)/t32-,33?,34-,35+,36-,37-,43+,44-,50-,51+,53-,54-,57+,58-,59-/m1/s1. The number of halogens is 1. The van der Waals surface area contributed by atoms with E-state index in [0.717, 1.165) is 18.9 Å². The van der Waals surface area contributed by atoms with Gasteiger partial charge in [0.25, 0.3) is 0 Å². The Morgan fingerprint density at radius 1 is 1.00 bits per heavy atom. The average Bonchev–Trinajstić information content (AvgIpc) is 4.17. The van der Waals surface area contributed by atoms with Gasteiger partial charge in [0.2, 0.25) is 5.43 Å². The first-order valence-corrected chi connectivity index (χ1v) is 28.6. The first kappa shape index (κ1) is 63.3. The van der Waals surface area contributed by atoms with E-state index in [1.165, 1.54) is 27.2 Å². The number of aromatic nitrogens is 2. The van der Waals surface area contributed by atoms with Crippen LogP contribution in [0.5, 0.6) is 5.75 Å². The lowest BCUT2D eigenvalue weighted by Gasteiger charge is -2.48. The monoisotopic (exact) mass is 1140 g/mol. The summed E-state index contributed by atoms with van der Waals surface area (Å²) in [4.78, 5) is 81.1. The molecule has 0 bridgehead atoms. The Kier molecular flexibility index (Phi) is 20.4. The molecule has 22 heteroatoms. The number of aromatic carboxylic acids is 1. The molecule has 21 nitrogen and oxygen atoms in total. The van der Waals surface area contributed by atoms with Crippen molar-refractivity contribution in [1.29, 1.82) is 0 Å². The molecule has 3 saturated heterocycles. The van der Waals surface area contributed by atoms with Crippen molar-refractivity contribution in [3.8, 4) is 5.75 Å². The summed E-state index contributed by atoms with van der Waals surface area (Å²) in [5.41, 5.74) is -3.92. The van der Waals surface area contributed by atoms with E-state index < -0.39 is 119 Å². The number of carbonyl (C=O) groups is 4. The minimum atomic E-state index is -1.93. The molecule has 7 rings (SSSR count). The number of rotatable bonds is 15. The molecule has 450 valence electrons. The van der Waals surface area contributed by atoms with Crippen molar-refractivity contribution in [3.63, 3.8) is 0 Å². The molecule has 1 unspecified atom stereocenters. The Hall–Kier alpha value is -5.33. The van der Waals surface area contributed by atoms with Gasteiger partial charge < -0.3 is 68.1 Å². The van der Waals surface area contributed by atoms with E-state index in [2.05, 4.69) is 9.88 Å². The van der Waals surface area contributed by atoms with Gasteiger partial charge in [-0.25, -0.2) is 9.18 Å². The number of pyridine rings is 2. The maximum absolute atomic E-state index is 16.4. The Labute approximate surface area is 474 Å². The Morgan fingerprint density at radius 2 is 1.70 bits per heavy atom. The van der Waals surface area contributed by atoms with Crippen molar-refractivity contribution in [2.24, 2.45) is 17.8 Å². The molecule has 1 aromatic carbocycles. The highest BCUT2D eigenvalue weighted by molar-refractivity contribution is 5.97. The summed E-state index contributed by atoms with van der Waals surface area (Å²) < 4.78 is 56.7. The Morgan fingerprint density at radius 3 is 2.31 bits per heavy atom. The maximum atomic E-state index is 16.4. The van der Waals surface area contributed by atoms with Crippen LogP contribution in [-0.2, 0) is 44.5 Å². The number of ether oxygens (including phenoxy) is 6. The number of benzene rings is 1. The van der Waals surface area contributed by atoms with E-state index in [0.29, 0.717) is 43.8 Å². The van der Waals surface area contributed by atoms with E-state index in [1.807, 2.05) is 49.6 Å².